The summed E-state index contributed by atoms with van der Waals surface area (Å²) in [6, 6.07) is 5.12. The molecule has 0 fully saturated rings. The van der Waals surface area contributed by atoms with Gasteiger partial charge in [0.2, 0.25) is 5.91 Å². The largest absolute Gasteiger partial charge is 0.497 e. The highest BCUT2D eigenvalue weighted by Gasteiger charge is 2.11. The number of hydrogen-bond donors (Lipinski definition) is 2. The minimum Gasteiger partial charge on any atom is -0.497 e. The molecule has 0 saturated heterocycles. The number of H-pyrrole nitrogens is 1. The Labute approximate surface area is 150 Å². The Balaban J connectivity index is 2.05. The van der Waals surface area contributed by atoms with Crippen molar-refractivity contribution in [3.05, 3.63) is 39.8 Å². The van der Waals surface area contributed by atoms with Crippen molar-refractivity contribution in [2.24, 2.45) is 0 Å². The summed E-state index contributed by atoms with van der Waals surface area (Å²) >= 11 is 1.37. The van der Waals surface area contributed by atoms with Crippen LogP contribution in [0.5, 0.6) is 11.5 Å². The number of amides is 1. The molecule has 0 unspecified atom stereocenters. The van der Waals surface area contributed by atoms with E-state index in [4.69, 9.17) is 9.47 Å². The van der Waals surface area contributed by atoms with Gasteiger partial charge in [-0.1, -0.05) is 11.8 Å². The molecule has 2 rings (SSSR count). The van der Waals surface area contributed by atoms with Crippen molar-refractivity contribution in [3.63, 3.8) is 0 Å². The maximum Gasteiger partial charge on any atom is 0.254 e. The van der Waals surface area contributed by atoms with Crippen LogP contribution < -0.4 is 20.3 Å². The van der Waals surface area contributed by atoms with Crippen LogP contribution in [0.25, 0.3) is 0 Å². The maximum atomic E-state index is 12.2. The summed E-state index contributed by atoms with van der Waals surface area (Å²) in [7, 11) is 3.08. The first-order chi connectivity index (χ1) is 12.0. The number of benzene rings is 1. The van der Waals surface area contributed by atoms with Crippen molar-refractivity contribution in [2.45, 2.75) is 24.9 Å². The third kappa shape index (κ3) is 4.99. The fraction of sp³-hybridized carbons (Fsp3) is 0.353. The van der Waals surface area contributed by atoms with Crippen molar-refractivity contribution in [1.29, 1.82) is 0 Å². The monoisotopic (exact) mass is 363 g/mol. The number of aryl methyl sites for hydroxylation is 1. The molecule has 2 N–H and O–H groups in total. The van der Waals surface area contributed by atoms with Crippen LogP contribution in [0, 0.1) is 6.92 Å². The van der Waals surface area contributed by atoms with Gasteiger partial charge in [-0.3, -0.25) is 9.59 Å². The molecule has 0 radical (unpaired) electrons. The van der Waals surface area contributed by atoms with Crippen LogP contribution in [0.15, 0.2) is 28.2 Å². The third-order valence-electron chi connectivity index (χ3n) is 3.63. The predicted molar refractivity (Wildman–Crippen MR) is 97.9 cm³/mol. The van der Waals surface area contributed by atoms with Gasteiger partial charge in [0.15, 0.2) is 5.16 Å². The van der Waals surface area contributed by atoms with E-state index < -0.39 is 0 Å². The molecule has 1 aromatic heterocycles. The molecule has 7 nitrogen and oxygen atoms in total. The van der Waals surface area contributed by atoms with Gasteiger partial charge < -0.3 is 19.8 Å². The van der Waals surface area contributed by atoms with E-state index in [1.807, 2.05) is 6.26 Å². The molecule has 2 aromatic rings. The summed E-state index contributed by atoms with van der Waals surface area (Å²) < 4.78 is 10.3. The van der Waals surface area contributed by atoms with E-state index in [-0.39, 0.29) is 17.9 Å². The van der Waals surface area contributed by atoms with Crippen LogP contribution in [0.3, 0.4) is 0 Å². The summed E-state index contributed by atoms with van der Waals surface area (Å²) in [5.41, 5.74) is 1.54. The van der Waals surface area contributed by atoms with Gasteiger partial charge in [0.25, 0.3) is 5.56 Å². The summed E-state index contributed by atoms with van der Waals surface area (Å²) in [4.78, 5) is 31.3. The number of thioether (sulfide) groups is 1. The lowest BCUT2D eigenvalue weighted by Crippen LogP contribution is -2.20. The summed E-state index contributed by atoms with van der Waals surface area (Å²) in [5.74, 6) is 0.959. The average molecular weight is 363 g/mol. The summed E-state index contributed by atoms with van der Waals surface area (Å²) in [6.07, 6.45) is 2.33. The molecule has 0 aliphatic carbocycles. The van der Waals surface area contributed by atoms with Gasteiger partial charge in [-0.15, -0.1) is 0 Å². The number of rotatable bonds is 7. The van der Waals surface area contributed by atoms with Crippen molar-refractivity contribution in [3.8, 4) is 11.5 Å². The van der Waals surface area contributed by atoms with Crippen molar-refractivity contribution in [2.75, 3.05) is 25.8 Å². The topological polar surface area (TPSA) is 93.3 Å². The van der Waals surface area contributed by atoms with Gasteiger partial charge in [0.05, 0.1) is 14.2 Å². The van der Waals surface area contributed by atoms with Crippen LogP contribution in [-0.4, -0.2) is 36.4 Å². The van der Waals surface area contributed by atoms with E-state index in [1.54, 1.807) is 39.3 Å². The smallest absolute Gasteiger partial charge is 0.254 e. The van der Waals surface area contributed by atoms with Gasteiger partial charge >= 0.3 is 0 Å². The standard InChI is InChI=1S/C17H21N3O4S/c1-10-14(16(22)20-17(18-10)25-4)5-6-15(21)19-11-7-12(23-2)9-13(8-11)24-3/h7-9H,5-6H2,1-4H3,(H,19,21)(H,18,20,22). The number of nitrogens with zero attached hydrogens (tertiary/aromatic N) is 1. The molecule has 1 aromatic carbocycles. The van der Waals surface area contributed by atoms with Crippen LogP contribution >= 0.6 is 11.8 Å². The number of methoxy groups -OCH3 is 2. The second-order valence-electron chi connectivity index (χ2n) is 5.29. The van der Waals surface area contributed by atoms with Gasteiger partial charge in [-0.2, -0.15) is 0 Å². The Hall–Kier alpha value is -2.48. The quantitative estimate of drug-likeness (QED) is 0.579. The van der Waals surface area contributed by atoms with E-state index in [0.29, 0.717) is 40.0 Å². The van der Waals surface area contributed by atoms with Gasteiger partial charge in [-0.25, -0.2) is 4.98 Å². The highest BCUT2D eigenvalue weighted by Crippen LogP contribution is 2.25. The number of aromatic amines is 1. The zero-order valence-electron chi connectivity index (χ0n) is 14.6. The Morgan fingerprint density at radius 1 is 1.24 bits per heavy atom. The van der Waals surface area contributed by atoms with Crippen LogP contribution in [-0.2, 0) is 11.2 Å². The zero-order valence-corrected chi connectivity index (χ0v) is 15.5. The van der Waals surface area contributed by atoms with Crippen LogP contribution in [0.1, 0.15) is 17.7 Å². The first kappa shape index (κ1) is 18.9. The van der Waals surface area contributed by atoms with E-state index >= 15 is 0 Å². The Bertz CT molecular complexity index is 798. The normalized spacial score (nSPS) is 10.4. The Morgan fingerprint density at radius 2 is 1.88 bits per heavy atom. The number of carbonyl (C=O) groups excluding carboxylic acids is 1. The van der Waals surface area contributed by atoms with Gasteiger partial charge in [0.1, 0.15) is 11.5 Å². The average Bonchev–Trinajstić information content (AvgIpc) is 2.60. The second kappa shape index (κ2) is 8.57. The van der Waals surface area contributed by atoms with E-state index in [1.165, 1.54) is 11.8 Å². The molecule has 0 atom stereocenters. The highest BCUT2D eigenvalue weighted by atomic mass is 32.2. The molecule has 1 heterocycles. The van der Waals surface area contributed by atoms with E-state index in [0.717, 1.165) is 0 Å². The number of nitrogens with one attached hydrogen (secondary N) is 2. The number of anilines is 1. The van der Waals surface area contributed by atoms with Gasteiger partial charge in [0, 0.05) is 41.6 Å². The molecule has 8 heteroatoms. The van der Waals surface area contributed by atoms with Crippen LogP contribution in [0.2, 0.25) is 0 Å². The fourth-order valence-electron chi connectivity index (χ4n) is 2.32. The lowest BCUT2D eigenvalue weighted by Gasteiger charge is -2.10. The van der Waals surface area contributed by atoms with E-state index in [2.05, 4.69) is 15.3 Å². The number of aromatic nitrogens is 2. The molecule has 1 amide bonds. The molecular formula is C17H21N3O4S. The number of hydrogen-bond acceptors (Lipinski definition) is 6. The molecule has 0 aliphatic heterocycles. The molecule has 134 valence electrons. The predicted octanol–water partition coefficient (Wildman–Crippen LogP) is 2.39. The van der Waals surface area contributed by atoms with Crippen LogP contribution in [0.4, 0.5) is 5.69 Å². The minimum absolute atomic E-state index is 0.170. The molecule has 0 aliphatic rings. The summed E-state index contributed by atoms with van der Waals surface area (Å²) in [5, 5.41) is 3.36. The minimum atomic E-state index is -0.206. The molecule has 0 bridgehead atoms. The maximum absolute atomic E-state index is 12.2. The number of ether oxygens (including phenoxy) is 2. The molecule has 25 heavy (non-hydrogen) atoms. The fourth-order valence-corrected chi connectivity index (χ4v) is 2.74. The number of carbonyl (C=O) groups is 1. The van der Waals surface area contributed by atoms with Gasteiger partial charge in [-0.05, 0) is 19.6 Å². The molecule has 0 saturated carbocycles. The Kier molecular flexibility index (Phi) is 6.46. The lowest BCUT2D eigenvalue weighted by molar-refractivity contribution is -0.116. The zero-order chi connectivity index (χ0) is 18.4. The Morgan fingerprint density at radius 3 is 2.40 bits per heavy atom. The molecular weight excluding hydrogens is 342 g/mol. The highest BCUT2D eigenvalue weighted by molar-refractivity contribution is 7.98. The SMILES string of the molecule is COc1cc(NC(=O)CCc2c(C)nc(SC)[nH]c2=O)cc(OC)c1. The first-order valence-electron chi connectivity index (χ1n) is 7.63. The summed E-state index contributed by atoms with van der Waals surface area (Å²) in [6.45, 7) is 1.77. The lowest BCUT2D eigenvalue weighted by atomic mass is 10.1. The first-order valence-corrected chi connectivity index (χ1v) is 8.86. The van der Waals surface area contributed by atoms with E-state index in [9.17, 15) is 9.59 Å². The third-order valence-corrected chi connectivity index (χ3v) is 4.21. The van der Waals surface area contributed by atoms with Crippen molar-refractivity contribution < 1.29 is 14.3 Å². The van der Waals surface area contributed by atoms with Crippen molar-refractivity contribution in [1.82, 2.24) is 9.97 Å². The second-order valence-corrected chi connectivity index (χ2v) is 6.08. The van der Waals surface area contributed by atoms with Crippen molar-refractivity contribution >= 4 is 23.4 Å². The molecule has 0 spiro atoms.